The molecule has 3 rings (SSSR count). The number of nitrogen functional groups attached to an aromatic ring is 1. The third-order valence-corrected chi connectivity index (χ3v) is 3.41. The quantitative estimate of drug-likeness (QED) is 0.711. The molecule has 0 bridgehead atoms. The number of aryl methyl sites for hydroxylation is 1. The van der Waals surface area contributed by atoms with Crippen LogP contribution in [0.15, 0.2) is 30.5 Å². The summed E-state index contributed by atoms with van der Waals surface area (Å²) in [4.78, 5) is 24.8. The van der Waals surface area contributed by atoms with Crippen LogP contribution in [0.2, 0.25) is 0 Å². The standard InChI is InChI=1S/C15H16N6O2/c1-9-6-11-4-3-5-12(16)15(11)21(9)14(23)8-20-17-7-13(19-20)18-10(2)22/h3-7H,8,16H2,1-2H3,(H,18,19,22). The fourth-order valence-electron chi connectivity index (χ4n) is 2.54. The van der Waals surface area contributed by atoms with Crippen LogP contribution < -0.4 is 11.1 Å². The van der Waals surface area contributed by atoms with E-state index in [1.807, 2.05) is 25.1 Å². The summed E-state index contributed by atoms with van der Waals surface area (Å²) in [6.07, 6.45) is 1.39. The Morgan fingerprint density at radius 2 is 2.13 bits per heavy atom. The summed E-state index contributed by atoms with van der Waals surface area (Å²) in [6, 6.07) is 7.42. The maximum atomic E-state index is 12.6. The third-order valence-electron chi connectivity index (χ3n) is 3.41. The van der Waals surface area contributed by atoms with Crippen molar-refractivity contribution in [3.8, 4) is 0 Å². The monoisotopic (exact) mass is 312 g/mol. The number of benzene rings is 1. The number of nitrogens with two attached hydrogens (primary N) is 1. The maximum absolute atomic E-state index is 12.6. The zero-order valence-corrected chi connectivity index (χ0v) is 12.8. The molecule has 0 unspecified atom stereocenters. The Morgan fingerprint density at radius 1 is 1.35 bits per heavy atom. The maximum Gasteiger partial charge on any atom is 0.254 e. The minimum absolute atomic E-state index is 0.0570. The number of carbonyl (C=O) groups excluding carboxylic acids is 2. The molecule has 2 heterocycles. The lowest BCUT2D eigenvalue weighted by Crippen LogP contribution is -2.21. The van der Waals surface area contributed by atoms with Crippen LogP contribution in [0, 0.1) is 6.92 Å². The van der Waals surface area contributed by atoms with E-state index in [9.17, 15) is 9.59 Å². The third kappa shape index (κ3) is 2.78. The zero-order valence-electron chi connectivity index (χ0n) is 12.8. The first-order valence-electron chi connectivity index (χ1n) is 7.03. The van der Waals surface area contributed by atoms with Crippen LogP contribution in [0.4, 0.5) is 11.5 Å². The molecule has 23 heavy (non-hydrogen) atoms. The smallest absolute Gasteiger partial charge is 0.254 e. The van der Waals surface area contributed by atoms with E-state index in [0.717, 1.165) is 11.1 Å². The molecule has 1 aromatic carbocycles. The number of hydrogen-bond acceptors (Lipinski definition) is 5. The molecule has 118 valence electrons. The van der Waals surface area contributed by atoms with E-state index in [1.54, 1.807) is 10.6 Å². The van der Waals surface area contributed by atoms with Gasteiger partial charge in [0.15, 0.2) is 5.82 Å². The molecule has 3 aromatic rings. The topological polar surface area (TPSA) is 108 Å². The molecule has 0 aliphatic heterocycles. The normalized spacial score (nSPS) is 10.9. The summed E-state index contributed by atoms with van der Waals surface area (Å²) < 4.78 is 1.56. The molecule has 3 N–H and O–H groups in total. The van der Waals surface area contributed by atoms with Crippen LogP contribution in [0.25, 0.3) is 10.9 Å². The Balaban J connectivity index is 1.91. The van der Waals surface area contributed by atoms with Crippen molar-refractivity contribution in [2.45, 2.75) is 20.4 Å². The second-order valence-corrected chi connectivity index (χ2v) is 5.24. The summed E-state index contributed by atoms with van der Waals surface area (Å²) in [5, 5.41) is 11.4. The van der Waals surface area contributed by atoms with Gasteiger partial charge in [-0.25, -0.2) is 0 Å². The fraction of sp³-hybridized carbons (Fsp3) is 0.200. The second-order valence-electron chi connectivity index (χ2n) is 5.24. The van der Waals surface area contributed by atoms with E-state index >= 15 is 0 Å². The number of amides is 1. The number of fused-ring (bicyclic) bond motifs is 1. The van der Waals surface area contributed by atoms with Crippen molar-refractivity contribution in [2.75, 3.05) is 11.1 Å². The highest BCUT2D eigenvalue weighted by Gasteiger charge is 2.16. The van der Waals surface area contributed by atoms with Gasteiger partial charge in [0.05, 0.1) is 17.4 Å². The fourth-order valence-corrected chi connectivity index (χ4v) is 2.54. The average molecular weight is 312 g/mol. The van der Waals surface area contributed by atoms with Crippen molar-refractivity contribution in [3.05, 3.63) is 36.2 Å². The minimum atomic E-state index is -0.247. The highest BCUT2D eigenvalue weighted by Crippen LogP contribution is 2.25. The first-order valence-corrected chi connectivity index (χ1v) is 7.03. The summed E-state index contributed by atoms with van der Waals surface area (Å²) in [6.45, 7) is 3.16. The highest BCUT2D eigenvalue weighted by atomic mass is 16.2. The summed E-state index contributed by atoms with van der Waals surface area (Å²) in [7, 11) is 0. The second kappa shape index (κ2) is 5.56. The van der Waals surface area contributed by atoms with Gasteiger partial charge in [-0.15, -0.1) is 5.10 Å². The SMILES string of the molecule is CC(=O)Nc1cnn(CC(=O)n2c(C)cc3cccc(N)c32)n1. The van der Waals surface area contributed by atoms with E-state index in [-0.39, 0.29) is 18.4 Å². The molecule has 1 amide bonds. The Morgan fingerprint density at radius 3 is 2.87 bits per heavy atom. The van der Waals surface area contributed by atoms with Gasteiger partial charge in [0.2, 0.25) is 5.91 Å². The number of aromatic nitrogens is 4. The molecule has 0 aliphatic rings. The molecule has 2 aromatic heterocycles. The van der Waals surface area contributed by atoms with Gasteiger partial charge in [0.1, 0.15) is 6.54 Å². The van der Waals surface area contributed by atoms with Gasteiger partial charge in [-0.1, -0.05) is 12.1 Å². The van der Waals surface area contributed by atoms with Crippen molar-refractivity contribution < 1.29 is 9.59 Å². The van der Waals surface area contributed by atoms with Crippen LogP contribution in [0.1, 0.15) is 17.4 Å². The Bertz CT molecular complexity index is 908. The van der Waals surface area contributed by atoms with Crippen LogP contribution in [-0.4, -0.2) is 31.4 Å². The Kier molecular flexibility index (Phi) is 3.57. The summed E-state index contributed by atoms with van der Waals surface area (Å²) >= 11 is 0. The van der Waals surface area contributed by atoms with Crippen molar-refractivity contribution in [3.63, 3.8) is 0 Å². The summed E-state index contributed by atoms with van der Waals surface area (Å²) in [5.41, 5.74) is 8.01. The lowest BCUT2D eigenvalue weighted by atomic mass is 10.2. The van der Waals surface area contributed by atoms with Gasteiger partial charge >= 0.3 is 0 Å². The van der Waals surface area contributed by atoms with Crippen LogP contribution >= 0.6 is 0 Å². The molecular formula is C15H16N6O2. The van der Waals surface area contributed by atoms with E-state index in [1.165, 1.54) is 17.9 Å². The largest absolute Gasteiger partial charge is 0.397 e. The van der Waals surface area contributed by atoms with Crippen molar-refractivity contribution in [1.82, 2.24) is 19.6 Å². The van der Waals surface area contributed by atoms with E-state index in [4.69, 9.17) is 5.73 Å². The van der Waals surface area contributed by atoms with E-state index in [2.05, 4.69) is 15.5 Å². The van der Waals surface area contributed by atoms with Crippen LogP contribution in [0.5, 0.6) is 0 Å². The molecule has 0 aliphatic carbocycles. The lowest BCUT2D eigenvalue weighted by molar-refractivity contribution is -0.114. The molecule has 0 atom stereocenters. The molecule has 0 saturated carbocycles. The molecule has 0 fully saturated rings. The first kappa shape index (κ1) is 14.8. The molecule has 8 heteroatoms. The van der Waals surface area contributed by atoms with Crippen LogP contribution in [-0.2, 0) is 11.3 Å². The van der Waals surface area contributed by atoms with Crippen molar-refractivity contribution >= 4 is 34.2 Å². The summed E-state index contributed by atoms with van der Waals surface area (Å²) in [5.74, 6) is -0.150. The van der Waals surface area contributed by atoms with E-state index in [0.29, 0.717) is 17.0 Å². The molecule has 8 nitrogen and oxygen atoms in total. The van der Waals surface area contributed by atoms with Gasteiger partial charge in [0, 0.05) is 18.0 Å². The molecule has 0 spiro atoms. The molecule has 0 saturated heterocycles. The molecule has 0 radical (unpaired) electrons. The number of para-hydroxylation sites is 1. The number of nitrogens with one attached hydrogen (secondary N) is 1. The number of hydrogen-bond donors (Lipinski definition) is 2. The minimum Gasteiger partial charge on any atom is -0.397 e. The first-order chi connectivity index (χ1) is 11.0. The average Bonchev–Trinajstić information content (AvgIpc) is 3.02. The van der Waals surface area contributed by atoms with Gasteiger partial charge < -0.3 is 11.1 Å². The van der Waals surface area contributed by atoms with Crippen molar-refractivity contribution in [1.29, 1.82) is 0 Å². The van der Waals surface area contributed by atoms with Crippen molar-refractivity contribution in [2.24, 2.45) is 0 Å². The van der Waals surface area contributed by atoms with Gasteiger partial charge in [-0.3, -0.25) is 14.2 Å². The predicted octanol–water partition coefficient (Wildman–Crippen LogP) is 1.42. The number of anilines is 2. The van der Waals surface area contributed by atoms with E-state index < -0.39 is 0 Å². The van der Waals surface area contributed by atoms with Gasteiger partial charge in [-0.05, 0) is 19.1 Å². The van der Waals surface area contributed by atoms with Gasteiger partial charge in [0.25, 0.3) is 5.91 Å². The van der Waals surface area contributed by atoms with Crippen LogP contribution in [0.3, 0.4) is 0 Å². The molecular weight excluding hydrogens is 296 g/mol. The predicted molar refractivity (Wildman–Crippen MR) is 86.0 cm³/mol. The number of rotatable bonds is 3. The zero-order chi connectivity index (χ0) is 16.6. The number of carbonyl (C=O) groups is 2. The Hall–Kier alpha value is -3.16. The lowest BCUT2D eigenvalue weighted by Gasteiger charge is -2.08. The number of nitrogens with zero attached hydrogens (tertiary/aromatic N) is 4. The highest BCUT2D eigenvalue weighted by molar-refractivity contribution is 5.99. The van der Waals surface area contributed by atoms with Gasteiger partial charge in [-0.2, -0.15) is 9.90 Å². The Labute approximate surface area is 131 Å².